The lowest BCUT2D eigenvalue weighted by Gasteiger charge is -2.18. The van der Waals surface area contributed by atoms with Crippen LogP contribution in [0.5, 0.6) is 0 Å². The first-order valence-electron chi connectivity index (χ1n) is 6.36. The summed E-state index contributed by atoms with van der Waals surface area (Å²) in [5.74, 6) is 0. The van der Waals surface area contributed by atoms with E-state index in [9.17, 15) is 13.2 Å². The molecular formula is C12H24F3NO2. The molecule has 110 valence electrons. The summed E-state index contributed by atoms with van der Waals surface area (Å²) in [6, 6.07) is 0.222. The Balaban J connectivity index is 3.62. The lowest BCUT2D eigenvalue weighted by molar-refractivity contribution is -0.174. The maximum Gasteiger partial charge on any atom is 0.411 e. The molecule has 0 aliphatic rings. The van der Waals surface area contributed by atoms with E-state index in [1.165, 1.54) is 0 Å². The molecule has 0 radical (unpaired) electrons. The van der Waals surface area contributed by atoms with E-state index in [0.717, 1.165) is 32.4 Å². The van der Waals surface area contributed by atoms with Crippen LogP contribution in [0.15, 0.2) is 0 Å². The van der Waals surface area contributed by atoms with Gasteiger partial charge in [-0.3, -0.25) is 0 Å². The fourth-order valence-corrected chi connectivity index (χ4v) is 1.69. The van der Waals surface area contributed by atoms with Crippen molar-refractivity contribution < 1.29 is 22.6 Å². The Morgan fingerprint density at radius 2 is 1.83 bits per heavy atom. The van der Waals surface area contributed by atoms with Crippen LogP contribution in [-0.2, 0) is 9.47 Å². The van der Waals surface area contributed by atoms with Crippen molar-refractivity contribution in [3.63, 3.8) is 0 Å². The van der Waals surface area contributed by atoms with E-state index >= 15 is 0 Å². The van der Waals surface area contributed by atoms with Gasteiger partial charge in [-0.15, -0.1) is 0 Å². The van der Waals surface area contributed by atoms with Crippen molar-refractivity contribution in [3.8, 4) is 0 Å². The third kappa shape index (κ3) is 12.1. The molecule has 3 nitrogen and oxygen atoms in total. The second-order valence-electron chi connectivity index (χ2n) is 4.20. The monoisotopic (exact) mass is 271 g/mol. The number of nitrogens with one attached hydrogen (secondary N) is 1. The van der Waals surface area contributed by atoms with E-state index < -0.39 is 12.8 Å². The first-order chi connectivity index (χ1) is 8.49. The molecule has 18 heavy (non-hydrogen) atoms. The highest BCUT2D eigenvalue weighted by Gasteiger charge is 2.27. The van der Waals surface area contributed by atoms with Gasteiger partial charge in [0, 0.05) is 26.4 Å². The zero-order chi connectivity index (χ0) is 13.9. The van der Waals surface area contributed by atoms with Crippen molar-refractivity contribution in [2.24, 2.45) is 0 Å². The lowest BCUT2D eigenvalue weighted by atomic mass is 10.1. The van der Waals surface area contributed by atoms with E-state index in [-0.39, 0.29) is 12.6 Å². The molecule has 0 bridgehead atoms. The van der Waals surface area contributed by atoms with Gasteiger partial charge in [0.2, 0.25) is 0 Å². The third-order valence-corrected chi connectivity index (χ3v) is 2.52. The summed E-state index contributed by atoms with van der Waals surface area (Å²) in [4.78, 5) is 0. The minimum Gasteiger partial charge on any atom is -0.385 e. The van der Waals surface area contributed by atoms with Crippen LogP contribution in [0.3, 0.4) is 0 Å². The molecule has 0 saturated carbocycles. The van der Waals surface area contributed by atoms with Crippen molar-refractivity contribution >= 4 is 0 Å². The summed E-state index contributed by atoms with van der Waals surface area (Å²) >= 11 is 0. The van der Waals surface area contributed by atoms with Crippen LogP contribution in [0.25, 0.3) is 0 Å². The average Bonchev–Trinajstić information content (AvgIpc) is 2.28. The predicted octanol–water partition coefficient (Wildman–Crippen LogP) is 2.75. The number of halogens is 3. The molecule has 0 spiro atoms. The molecule has 0 fully saturated rings. The summed E-state index contributed by atoms with van der Waals surface area (Å²) in [6.07, 6.45) is -0.706. The molecule has 6 heteroatoms. The van der Waals surface area contributed by atoms with Crippen molar-refractivity contribution in [2.75, 3.05) is 33.5 Å². The number of hydrogen-bond donors (Lipinski definition) is 1. The largest absolute Gasteiger partial charge is 0.411 e. The quantitative estimate of drug-likeness (QED) is 0.586. The third-order valence-electron chi connectivity index (χ3n) is 2.52. The highest BCUT2D eigenvalue weighted by Crippen LogP contribution is 2.15. The molecule has 0 aromatic heterocycles. The van der Waals surface area contributed by atoms with Gasteiger partial charge in [-0.25, -0.2) is 0 Å². The van der Waals surface area contributed by atoms with Gasteiger partial charge in [0.15, 0.2) is 0 Å². The normalized spacial score (nSPS) is 13.8. The summed E-state index contributed by atoms with van der Waals surface area (Å²) < 4.78 is 45.1. The van der Waals surface area contributed by atoms with E-state index in [0.29, 0.717) is 6.42 Å². The van der Waals surface area contributed by atoms with Crippen LogP contribution in [0.2, 0.25) is 0 Å². The topological polar surface area (TPSA) is 30.5 Å². The number of hydrogen-bond acceptors (Lipinski definition) is 3. The molecule has 0 aliphatic carbocycles. The van der Waals surface area contributed by atoms with Crippen LogP contribution >= 0.6 is 0 Å². The maximum atomic E-state index is 11.9. The summed E-state index contributed by atoms with van der Waals surface area (Å²) in [5, 5.41) is 3.26. The molecule has 1 N–H and O–H groups in total. The SMILES string of the molecule is CCNC(CCCCOC)CCOCC(F)(F)F. The van der Waals surface area contributed by atoms with Crippen LogP contribution in [0.1, 0.15) is 32.6 Å². The number of unbranched alkanes of at least 4 members (excludes halogenated alkanes) is 1. The Morgan fingerprint density at radius 1 is 1.11 bits per heavy atom. The van der Waals surface area contributed by atoms with Gasteiger partial charge >= 0.3 is 6.18 Å². The first-order valence-corrected chi connectivity index (χ1v) is 6.36. The van der Waals surface area contributed by atoms with Gasteiger partial charge in [-0.2, -0.15) is 13.2 Å². The fourth-order valence-electron chi connectivity index (χ4n) is 1.69. The minimum absolute atomic E-state index is 0.140. The predicted molar refractivity (Wildman–Crippen MR) is 64.7 cm³/mol. The Bertz CT molecular complexity index is 189. The molecule has 0 heterocycles. The minimum atomic E-state index is -4.23. The fraction of sp³-hybridized carbons (Fsp3) is 1.00. The molecule has 1 atom stereocenters. The van der Waals surface area contributed by atoms with Crippen molar-refractivity contribution in [1.29, 1.82) is 0 Å². The van der Waals surface area contributed by atoms with Gasteiger partial charge in [0.05, 0.1) is 0 Å². The van der Waals surface area contributed by atoms with Crippen LogP contribution in [0, 0.1) is 0 Å². The number of alkyl halides is 3. The number of methoxy groups -OCH3 is 1. The first kappa shape index (κ1) is 17.7. The Kier molecular flexibility index (Phi) is 10.4. The molecular weight excluding hydrogens is 247 g/mol. The van der Waals surface area contributed by atoms with Gasteiger partial charge in [-0.05, 0) is 32.2 Å². The molecule has 0 rings (SSSR count). The maximum absolute atomic E-state index is 11.9. The van der Waals surface area contributed by atoms with Crippen molar-refractivity contribution in [1.82, 2.24) is 5.32 Å². The van der Waals surface area contributed by atoms with E-state index in [2.05, 4.69) is 10.1 Å². The average molecular weight is 271 g/mol. The summed E-state index contributed by atoms with van der Waals surface area (Å²) in [5.41, 5.74) is 0. The van der Waals surface area contributed by atoms with Crippen LogP contribution in [-0.4, -0.2) is 45.7 Å². The summed E-state index contributed by atoms with van der Waals surface area (Å²) in [6.45, 7) is 2.51. The Labute approximate surface area is 107 Å². The Morgan fingerprint density at radius 3 is 2.39 bits per heavy atom. The molecule has 0 aliphatic heterocycles. The molecule has 0 aromatic carbocycles. The lowest BCUT2D eigenvalue weighted by Crippen LogP contribution is -2.30. The number of ether oxygens (including phenoxy) is 2. The summed E-state index contributed by atoms with van der Waals surface area (Å²) in [7, 11) is 1.66. The van der Waals surface area contributed by atoms with Crippen molar-refractivity contribution in [3.05, 3.63) is 0 Å². The zero-order valence-corrected chi connectivity index (χ0v) is 11.2. The van der Waals surface area contributed by atoms with Gasteiger partial charge in [0.1, 0.15) is 6.61 Å². The molecule has 0 aromatic rings. The van der Waals surface area contributed by atoms with Crippen LogP contribution in [0.4, 0.5) is 13.2 Å². The number of rotatable bonds is 11. The zero-order valence-electron chi connectivity index (χ0n) is 11.2. The Hall–Kier alpha value is -0.330. The van der Waals surface area contributed by atoms with E-state index in [4.69, 9.17) is 4.74 Å². The van der Waals surface area contributed by atoms with Gasteiger partial charge in [0.25, 0.3) is 0 Å². The standard InChI is InChI=1S/C12H24F3NO2/c1-3-16-11(6-4-5-8-17-2)7-9-18-10-12(13,14)15/h11,16H,3-10H2,1-2H3. The van der Waals surface area contributed by atoms with Crippen LogP contribution < -0.4 is 5.32 Å². The van der Waals surface area contributed by atoms with E-state index in [1.54, 1.807) is 7.11 Å². The van der Waals surface area contributed by atoms with Gasteiger partial charge in [-0.1, -0.05) is 6.92 Å². The smallest absolute Gasteiger partial charge is 0.385 e. The second kappa shape index (κ2) is 10.6. The van der Waals surface area contributed by atoms with Crippen molar-refractivity contribution in [2.45, 2.75) is 44.8 Å². The van der Waals surface area contributed by atoms with E-state index in [1.807, 2.05) is 6.92 Å². The molecule has 1 unspecified atom stereocenters. The highest BCUT2D eigenvalue weighted by molar-refractivity contribution is 4.66. The second-order valence-corrected chi connectivity index (χ2v) is 4.20. The molecule has 0 saturated heterocycles. The van der Waals surface area contributed by atoms with Gasteiger partial charge < -0.3 is 14.8 Å². The molecule has 0 amide bonds. The highest BCUT2D eigenvalue weighted by atomic mass is 19.4.